The molecule has 6 heteroatoms. The lowest BCUT2D eigenvalue weighted by Crippen LogP contribution is -2.30. The van der Waals surface area contributed by atoms with E-state index in [0.29, 0.717) is 18.8 Å². The monoisotopic (exact) mass is 284 g/mol. The molecule has 0 radical (unpaired) electrons. The zero-order valence-corrected chi connectivity index (χ0v) is 12.1. The van der Waals surface area contributed by atoms with Gasteiger partial charge in [0.2, 0.25) is 10.0 Å². The van der Waals surface area contributed by atoms with Crippen molar-refractivity contribution in [3.05, 3.63) is 36.9 Å². The Morgan fingerprint density at radius 1 is 1.32 bits per heavy atom. The van der Waals surface area contributed by atoms with E-state index in [1.165, 1.54) is 18.4 Å². The number of benzene rings is 1. The number of nitrogens with zero attached hydrogens (tertiary/aromatic N) is 2. The van der Waals surface area contributed by atoms with E-state index in [4.69, 9.17) is 5.11 Å². The Morgan fingerprint density at radius 3 is 2.47 bits per heavy atom. The molecule has 1 N–H and O–H groups in total. The molecule has 0 aliphatic heterocycles. The fourth-order valence-corrected chi connectivity index (χ4v) is 2.83. The highest BCUT2D eigenvalue weighted by Crippen LogP contribution is 2.26. The molecule has 0 aliphatic carbocycles. The molecule has 0 bridgehead atoms. The van der Waals surface area contributed by atoms with Crippen LogP contribution in [0.25, 0.3) is 0 Å². The number of para-hydroxylation sites is 1. The van der Waals surface area contributed by atoms with Crippen LogP contribution in [0.2, 0.25) is 0 Å². The Bertz CT molecular complexity index is 526. The Labute approximate surface area is 114 Å². The second kappa shape index (κ2) is 6.70. The summed E-state index contributed by atoms with van der Waals surface area (Å²) in [6.45, 7) is 4.43. The van der Waals surface area contributed by atoms with E-state index >= 15 is 0 Å². The van der Waals surface area contributed by atoms with Gasteiger partial charge in [-0.05, 0) is 12.1 Å². The fraction of sp³-hybridized carbons (Fsp3) is 0.385. The molecule has 0 unspecified atom stereocenters. The third-order valence-electron chi connectivity index (χ3n) is 2.68. The van der Waals surface area contributed by atoms with Crippen molar-refractivity contribution < 1.29 is 13.5 Å². The molecular formula is C13H20N2O3S. The van der Waals surface area contributed by atoms with E-state index in [2.05, 4.69) is 6.58 Å². The van der Waals surface area contributed by atoms with Gasteiger partial charge in [-0.25, -0.2) is 12.7 Å². The first kappa shape index (κ1) is 15.7. The number of anilines is 1. The molecule has 1 rings (SSSR count). The molecule has 0 fully saturated rings. The average molecular weight is 284 g/mol. The highest BCUT2D eigenvalue weighted by atomic mass is 32.2. The van der Waals surface area contributed by atoms with Crippen LogP contribution in [-0.4, -0.2) is 51.6 Å². The van der Waals surface area contributed by atoms with E-state index < -0.39 is 10.0 Å². The predicted molar refractivity (Wildman–Crippen MR) is 76.8 cm³/mol. The van der Waals surface area contributed by atoms with E-state index in [9.17, 15) is 8.42 Å². The first-order chi connectivity index (χ1) is 8.95. The predicted octanol–water partition coefficient (Wildman–Crippen LogP) is 0.922. The standard InChI is InChI=1S/C13H20N2O3S/c1-4-9-15(10-11-16)12-7-5-6-8-13(12)19(17,18)14(2)3/h4-8,16H,1,9-11H2,2-3H3. The van der Waals surface area contributed by atoms with Crippen molar-refractivity contribution in [2.24, 2.45) is 0 Å². The summed E-state index contributed by atoms with van der Waals surface area (Å²) in [5.41, 5.74) is 0.574. The minimum atomic E-state index is -3.51. The summed E-state index contributed by atoms with van der Waals surface area (Å²) in [6, 6.07) is 6.76. The van der Waals surface area contributed by atoms with Gasteiger partial charge in [0.05, 0.1) is 12.3 Å². The third-order valence-corrected chi connectivity index (χ3v) is 4.55. The van der Waals surface area contributed by atoms with E-state index in [0.717, 1.165) is 0 Å². The maximum Gasteiger partial charge on any atom is 0.244 e. The molecular weight excluding hydrogens is 264 g/mol. The lowest BCUT2D eigenvalue weighted by molar-refractivity contribution is 0.303. The summed E-state index contributed by atoms with van der Waals surface area (Å²) in [5.74, 6) is 0. The zero-order valence-electron chi connectivity index (χ0n) is 11.3. The summed E-state index contributed by atoms with van der Waals surface area (Å²) in [6.07, 6.45) is 1.68. The molecule has 0 aromatic heterocycles. The Kier molecular flexibility index (Phi) is 5.53. The van der Waals surface area contributed by atoms with Crippen LogP contribution in [0.1, 0.15) is 0 Å². The number of rotatable bonds is 7. The number of hydrogen-bond donors (Lipinski definition) is 1. The smallest absolute Gasteiger partial charge is 0.244 e. The number of aliphatic hydroxyl groups excluding tert-OH is 1. The van der Waals surface area contributed by atoms with Gasteiger partial charge in [-0.3, -0.25) is 0 Å². The highest BCUT2D eigenvalue weighted by molar-refractivity contribution is 7.89. The van der Waals surface area contributed by atoms with Gasteiger partial charge >= 0.3 is 0 Å². The molecule has 0 spiro atoms. The molecule has 19 heavy (non-hydrogen) atoms. The van der Waals surface area contributed by atoms with Crippen LogP contribution in [0.3, 0.4) is 0 Å². The van der Waals surface area contributed by atoms with Crippen molar-refractivity contribution >= 4 is 15.7 Å². The van der Waals surface area contributed by atoms with Crippen LogP contribution in [0, 0.1) is 0 Å². The van der Waals surface area contributed by atoms with Crippen molar-refractivity contribution in [3.63, 3.8) is 0 Å². The highest BCUT2D eigenvalue weighted by Gasteiger charge is 2.23. The summed E-state index contributed by atoms with van der Waals surface area (Å²) >= 11 is 0. The Balaban J connectivity index is 3.32. The van der Waals surface area contributed by atoms with Gasteiger partial charge in [0.25, 0.3) is 0 Å². The molecule has 0 heterocycles. The van der Waals surface area contributed by atoms with Crippen molar-refractivity contribution in [2.75, 3.05) is 38.7 Å². The Hall–Kier alpha value is -1.37. The molecule has 0 amide bonds. The van der Waals surface area contributed by atoms with Gasteiger partial charge in [0.15, 0.2) is 0 Å². The van der Waals surface area contributed by atoms with Crippen LogP contribution in [-0.2, 0) is 10.0 Å². The van der Waals surface area contributed by atoms with Gasteiger partial charge in [0, 0.05) is 27.2 Å². The Morgan fingerprint density at radius 2 is 1.95 bits per heavy atom. The van der Waals surface area contributed by atoms with Crippen LogP contribution < -0.4 is 4.90 Å². The molecule has 1 aromatic rings. The van der Waals surface area contributed by atoms with Gasteiger partial charge in [-0.1, -0.05) is 18.2 Å². The van der Waals surface area contributed by atoms with Gasteiger partial charge in [0.1, 0.15) is 4.90 Å². The summed E-state index contributed by atoms with van der Waals surface area (Å²) in [4.78, 5) is 2.01. The van der Waals surface area contributed by atoms with E-state index in [1.807, 2.05) is 0 Å². The normalized spacial score (nSPS) is 11.6. The van der Waals surface area contributed by atoms with Crippen molar-refractivity contribution in [1.82, 2.24) is 4.31 Å². The maximum atomic E-state index is 12.3. The molecule has 106 valence electrons. The van der Waals surface area contributed by atoms with Crippen LogP contribution >= 0.6 is 0 Å². The first-order valence-electron chi connectivity index (χ1n) is 5.93. The third kappa shape index (κ3) is 3.56. The molecule has 0 saturated heterocycles. The molecule has 0 aliphatic rings. The molecule has 1 aromatic carbocycles. The number of sulfonamides is 1. The molecule has 0 atom stereocenters. The molecule has 0 saturated carbocycles. The maximum absolute atomic E-state index is 12.3. The molecule has 5 nitrogen and oxygen atoms in total. The lowest BCUT2D eigenvalue weighted by Gasteiger charge is -2.25. The van der Waals surface area contributed by atoms with Gasteiger partial charge < -0.3 is 10.0 Å². The first-order valence-corrected chi connectivity index (χ1v) is 7.37. The van der Waals surface area contributed by atoms with E-state index in [-0.39, 0.29) is 11.5 Å². The van der Waals surface area contributed by atoms with E-state index in [1.54, 1.807) is 35.2 Å². The summed E-state index contributed by atoms with van der Waals surface area (Å²) in [7, 11) is -0.521. The second-order valence-corrected chi connectivity index (χ2v) is 6.33. The SMILES string of the molecule is C=CCN(CCO)c1ccccc1S(=O)(=O)N(C)C. The number of aliphatic hydroxyl groups is 1. The minimum absolute atomic E-state index is 0.0514. The lowest BCUT2D eigenvalue weighted by atomic mass is 10.3. The zero-order chi connectivity index (χ0) is 14.5. The second-order valence-electron chi connectivity index (χ2n) is 4.21. The number of hydrogen-bond acceptors (Lipinski definition) is 4. The van der Waals surface area contributed by atoms with Crippen LogP contribution in [0.5, 0.6) is 0 Å². The van der Waals surface area contributed by atoms with Gasteiger partial charge in [-0.15, -0.1) is 6.58 Å². The topological polar surface area (TPSA) is 60.9 Å². The quantitative estimate of drug-likeness (QED) is 0.756. The van der Waals surface area contributed by atoms with Crippen molar-refractivity contribution in [1.29, 1.82) is 0 Å². The van der Waals surface area contributed by atoms with Gasteiger partial charge in [-0.2, -0.15) is 0 Å². The van der Waals surface area contributed by atoms with Crippen molar-refractivity contribution in [2.45, 2.75) is 4.90 Å². The summed E-state index contributed by atoms with van der Waals surface area (Å²) in [5, 5.41) is 9.09. The summed E-state index contributed by atoms with van der Waals surface area (Å²) < 4.78 is 25.7. The van der Waals surface area contributed by atoms with Crippen LogP contribution in [0.15, 0.2) is 41.8 Å². The van der Waals surface area contributed by atoms with Crippen LogP contribution in [0.4, 0.5) is 5.69 Å². The average Bonchev–Trinajstić information content (AvgIpc) is 2.38. The minimum Gasteiger partial charge on any atom is -0.395 e. The van der Waals surface area contributed by atoms with Crippen molar-refractivity contribution in [3.8, 4) is 0 Å². The fourth-order valence-electron chi connectivity index (χ4n) is 1.72. The largest absolute Gasteiger partial charge is 0.395 e.